The number of aromatic nitrogens is 1. The van der Waals surface area contributed by atoms with Crippen LogP contribution < -0.4 is 5.32 Å². The first-order valence-electron chi connectivity index (χ1n) is 6.32. The van der Waals surface area contributed by atoms with E-state index in [-0.39, 0.29) is 6.42 Å². The molecule has 1 unspecified atom stereocenters. The van der Waals surface area contributed by atoms with Gasteiger partial charge < -0.3 is 10.4 Å². The van der Waals surface area contributed by atoms with Gasteiger partial charge in [0.1, 0.15) is 11.0 Å². The number of hydrogen-bond acceptors (Lipinski definition) is 5. The lowest BCUT2D eigenvalue weighted by molar-refractivity contribution is -0.159. The number of carboxylic acids is 1. The molecular formula is C13H11F3N2O3S2. The highest BCUT2D eigenvalue weighted by Gasteiger charge is 2.36. The number of carbonyl (C=O) groups excluding carboxylic acids is 1. The second-order valence-electron chi connectivity index (χ2n) is 4.58. The highest BCUT2D eigenvalue weighted by molar-refractivity contribution is 7.20. The number of aliphatic carboxylic acids is 1. The molecule has 0 aromatic carbocycles. The molecule has 0 saturated heterocycles. The van der Waals surface area contributed by atoms with Crippen LogP contribution in [0.15, 0.2) is 22.9 Å². The molecule has 0 radical (unpaired) electrons. The SMILES string of the molecule is O=C(Cc1csc(-c2cccs2)n1)NC(CC(F)(F)F)C(=O)O. The molecule has 0 spiro atoms. The normalized spacial score (nSPS) is 12.8. The van der Waals surface area contributed by atoms with Crippen molar-refractivity contribution in [2.75, 3.05) is 0 Å². The Hall–Kier alpha value is -1.94. The van der Waals surface area contributed by atoms with Crippen molar-refractivity contribution in [3.63, 3.8) is 0 Å². The van der Waals surface area contributed by atoms with Gasteiger partial charge in [-0.25, -0.2) is 9.78 Å². The first-order valence-corrected chi connectivity index (χ1v) is 8.08. The lowest BCUT2D eigenvalue weighted by Gasteiger charge is -2.15. The van der Waals surface area contributed by atoms with Gasteiger partial charge in [0, 0.05) is 5.38 Å². The second kappa shape index (κ2) is 7.09. The predicted octanol–water partition coefficient (Wildman–Crippen LogP) is 2.94. The highest BCUT2D eigenvalue weighted by atomic mass is 32.1. The standard InChI is InChI=1S/C13H11F3N2O3S2/c14-13(15,16)5-8(12(20)21)18-10(19)4-7-6-23-11(17-7)9-2-1-3-22-9/h1-3,6,8H,4-5H2,(H,18,19)(H,20,21). The van der Waals surface area contributed by atoms with Crippen LogP contribution in [0.5, 0.6) is 0 Å². The third-order valence-electron chi connectivity index (χ3n) is 2.69. The van der Waals surface area contributed by atoms with Gasteiger partial charge in [-0.3, -0.25) is 4.79 Å². The maximum atomic E-state index is 12.3. The molecular weight excluding hydrogens is 353 g/mol. The minimum atomic E-state index is -4.68. The zero-order valence-electron chi connectivity index (χ0n) is 11.5. The fourth-order valence-electron chi connectivity index (χ4n) is 1.74. The van der Waals surface area contributed by atoms with Crippen LogP contribution in [0.25, 0.3) is 9.88 Å². The van der Waals surface area contributed by atoms with E-state index in [1.165, 1.54) is 22.7 Å². The Balaban J connectivity index is 1.97. The van der Waals surface area contributed by atoms with E-state index in [0.717, 1.165) is 4.88 Å². The van der Waals surface area contributed by atoms with Gasteiger partial charge in [-0.15, -0.1) is 22.7 Å². The predicted molar refractivity (Wildman–Crippen MR) is 79.4 cm³/mol. The molecule has 23 heavy (non-hydrogen) atoms. The van der Waals surface area contributed by atoms with Crippen molar-refractivity contribution >= 4 is 34.6 Å². The number of nitrogens with one attached hydrogen (secondary N) is 1. The fourth-order valence-corrected chi connectivity index (χ4v) is 3.38. The number of amides is 1. The number of thiazole rings is 1. The van der Waals surface area contributed by atoms with Crippen molar-refractivity contribution in [2.24, 2.45) is 0 Å². The summed E-state index contributed by atoms with van der Waals surface area (Å²) in [5.74, 6) is -2.54. The van der Waals surface area contributed by atoms with E-state index in [1.54, 1.807) is 5.38 Å². The number of hydrogen-bond donors (Lipinski definition) is 2. The van der Waals surface area contributed by atoms with Crippen molar-refractivity contribution in [1.29, 1.82) is 0 Å². The van der Waals surface area contributed by atoms with Gasteiger partial charge >= 0.3 is 12.1 Å². The number of carbonyl (C=O) groups is 2. The number of nitrogens with zero attached hydrogens (tertiary/aromatic N) is 1. The van der Waals surface area contributed by atoms with Crippen LogP contribution in [0.4, 0.5) is 13.2 Å². The van der Waals surface area contributed by atoms with Crippen LogP contribution >= 0.6 is 22.7 Å². The van der Waals surface area contributed by atoms with Crippen molar-refractivity contribution in [3.05, 3.63) is 28.6 Å². The molecule has 2 N–H and O–H groups in total. The molecule has 1 atom stereocenters. The average molecular weight is 364 g/mol. The molecule has 5 nitrogen and oxygen atoms in total. The highest BCUT2D eigenvalue weighted by Crippen LogP contribution is 2.28. The van der Waals surface area contributed by atoms with Gasteiger partial charge in [-0.05, 0) is 11.4 Å². The molecule has 0 aliphatic rings. The van der Waals surface area contributed by atoms with Crippen LogP contribution in [0.2, 0.25) is 0 Å². The number of rotatable bonds is 6. The van der Waals surface area contributed by atoms with E-state index >= 15 is 0 Å². The molecule has 0 saturated carbocycles. The van der Waals surface area contributed by atoms with Gasteiger partial charge in [0.25, 0.3) is 0 Å². The molecule has 10 heteroatoms. The van der Waals surface area contributed by atoms with E-state index in [4.69, 9.17) is 5.11 Å². The Morgan fingerprint density at radius 1 is 1.35 bits per heavy atom. The lowest BCUT2D eigenvalue weighted by Crippen LogP contribution is -2.44. The van der Waals surface area contributed by atoms with Crippen molar-refractivity contribution in [2.45, 2.75) is 25.1 Å². The summed E-state index contributed by atoms with van der Waals surface area (Å²) in [7, 11) is 0. The Morgan fingerprint density at radius 3 is 2.65 bits per heavy atom. The second-order valence-corrected chi connectivity index (χ2v) is 6.38. The molecule has 0 bridgehead atoms. The fraction of sp³-hybridized carbons (Fsp3) is 0.308. The third-order valence-corrected chi connectivity index (χ3v) is 4.62. The topological polar surface area (TPSA) is 79.3 Å². The van der Waals surface area contributed by atoms with E-state index in [0.29, 0.717) is 10.7 Å². The van der Waals surface area contributed by atoms with Crippen LogP contribution in [0.3, 0.4) is 0 Å². The minimum Gasteiger partial charge on any atom is -0.480 e. The first kappa shape index (κ1) is 17.4. The summed E-state index contributed by atoms with van der Waals surface area (Å²) >= 11 is 2.78. The molecule has 0 aliphatic carbocycles. The maximum Gasteiger partial charge on any atom is 0.391 e. The zero-order chi connectivity index (χ0) is 17.0. The van der Waals surface area contributed by atoms with Crippen molar-refractivity contribution in [1.82, 2.24) is 10.3 Å². The quantitative estimate of drug-likeness (QED) is 0.826. The minimum absolute atomic E-state index is 0.274. The Bertz CT molecular complexity index is 683. The molecule has 0 aliphatic heterocycles. The summed E-state index contributed by atoms with van der Waals surface area (Å²) in [6.45, 7) is 0. The van der Waals surface area contributed by atoms with Gasteiger partial charge in [0.2, 0.25) is 5.91 Å². The summed E-state index contributed by atoms with van der Waals surface area (Å²) in [4.78, 5) is 27.7. The number of thiophene rings is 1. The Kier molecular flexibility index (Phi) is 5.37. The van der Waals surface area contributed by atoms with Gasteiger partial charge in [0.05, 0.1) is 23.4 Å². The van der Waals surface area contributed by atoms with Crippen LogP contribution in [0, 0.1) is 0 Å². The van der Waals surface area contributed by atoms with Gasteiger partial charge in [-0.2, -0.15) is 13.2 Å². The summed E-state index contributed by atoms with van der Waals surface area (Å²) in [5, 5.41) is 14.8. The third kappa shape index (κ3) is 5.32. The van der Waals surface area contributed by atoms with E-state index in [2.05, 4.69) is 4.98 Å². The summed E-state index contributed by atoms with van der Waals surface area (Å²) in [6, 6.07) is 1.71. The Morgan fingerprint density at radius 2 is 2.09 bits per heavy atom. The maximum absolute atomic E-state index is 12.3. The summed E-state index contributed by atoms with van der Waals surface area (Å²) in [6.07, 6.45) is -6.57. The van der Waals surface area contributed by atoms with Crippen LogP contribution in [0.1, 0.15) is 12.1 Å². The largest absolute Gasteiger partial charge is 0.480 e. The van der Waals surface area contributed by atoms with Crippen LogP contribution in [-0.2, 0) is 16.0 Å². The van der Waals surface area contributed by atoms with Crippen molar-refractivity contribution < 1.29 is 27.9 Å². The summed E-state index contributed by atoms with van der Waals surface area (Å²) in [5.41, 5.74) is 0.382. The first-order chi connectivity index (χ1) is 10.7. The summed E-state index contributed by atoms with van der Waals surface area (Å²) < 4.78 is 36.8. The van der Waals surface area contributed by atoms with Gasteiger partial charge in [0.15, 0.2) is 0 Å². The van der Waals surface area contributed by atoms with E-state index in [1.807, 2.05) is 22.8 Å². The van der Waals surface area contributed by atoms with E-state index < -0.39 is 30.5 Å². The lowest BCUT2D eigenvalue weighted by atomic mass is 10.2. The molecule has 2 aromatic rings. The van der Waals surface area contributed by atoms with Crippen molar-refractivity contribution in [3.8, 4) is 9.88 Å². The zero-order valence-corrected chi connectivity index (χ0v) is 13.1. The number of alkyl halides is 3. The number of carboxylic acid groups (broad SMARTS) is 1. The molecule has 0 fully saturated rings. The smallest absolute Gasteiger partial charge is 0.391 e. The molecule has 2 heterocycles. The monoisotopic (exact) mass is 364 g/mol. The average Bonchev–Trinajstić information content (AvgIpc) is 3.06. The number of halogens is 3. The van der Waals surface area contributed by atoms with Gasteiger partial charge in [-0.1, -0.05) is 6.07 Å². The molecule has 2 aromatic heterocycles. The Labute approximate surface area is 136 Å². The van der Waals surface area contributed by atoms with E-state index in [9.17, 15) is 22.8 Å². The van der Waals surface area contributed by atoms with Crippen LogP contribution in [-0.4, -0.2) is 34.2 Å². The molecule has 2 rings (SSSR count). The molecule has 124 valence electrons. The molecule has 1 amide bonds.